The van der Waals surface area contributed by atoms with E-state index in [4.69, 9.17) is 22.5 Å². The molecule has 0 bridgehead atoms. The number of nitrogens with two attached hydrogens (primary N) is 1. The van der Waals surface area contributed by atoms with E-state index >= 15 is 0 Å². The van der Waals surface area contributed by atoms with Gasteiger partial charge in [-0.15, -0.1) is 0 Å². The van der Waals surface area contributed by atoms with Gasteiger partial charge in [0.25, 0.3) is 0 Å². The number of rotatable bonds is 6. The van der Waals surface area contributed by atoms with Gasteiger partial charge in [-0.25, -0.2) is 0 Å². The number of hydrogen-bond donors (Lipinski definition) is 3. The molecule has 0 radical (unpaired) electrons. The van der Waals surface area contributed by atoms with Gasteiger partial charge in [0.1, 0.15) is 0 Å². The predicted molar refractivity (Wildman–Crippen MR) is 85.8 cm³/mol. The van der Waals surface area contributed by atoms with Gasteiger partial charge in [0.05, 0.1) is 0 Å². The summed E-state index contributed by atoms with van der Waals surface area (Å²) in [5.41, 5.74) is 8.64. The third kappa shape index (κ3) is 4.77. The summed E-state index contributed by atoms with van der Waals surface area (Å²) in [5.74, 6) is 0.122. The van der Waals surface area contributed by atoms with Crippen LogP contribution in [-0.2, 0) is 13.0 Å². The van der Waals surface area contributed by atoms with Crippen LogP contribution < -0.4 is 11.1 Å². The maximum absolute atomic E-state index is 8.60. The van der Waals surface area contributed by atoms with Crippen LogP contribution in [0.15, 0.2) is 53.7 Å². The van der Waals surface area contributed by atoms with Gasteiger partial charge in [0, 0.05) is 17.1 Å². The smallest absolute Gasteiger partial charge is 0.170 e. The largest absolute Gasteiger partial charge is 0.409 e. The Labute approximate surface area is 129 Å². The summed E-state index contributed by atoms with van der Waals surface area (Å²) >= 11 is 5.85. The van der Waals surface area contributed by atoms with Crippen molar-refractivity contribution in [1.82, 2.24) is 5.32 Å². The number of benzene rings is 2. The van der Waals surface area contributed by atoms with Crippen molar-refractivity contribution in [1.29, 1.82) is 0 Å². The lowest BCUT2D eigenvalue weighted by Crippen LogP contribution is -2.17. The minimum Gasteiger partial charge on any atom is -0.409 e. The molecule has 110 valence electrons. The van der Waals surface area contributed by atoms with Crippen LogP contribution in [0.2, 0.25) is 5.02 Å². The van der Waals surface area contributed by atoms with Crippen LogP contribution in [0.4, 0.5) is 0 Å². The van der Waals surface area contributed by atoms with Crippen LogP contribution in [-0.4, -0.2) is 17.6 Å². The summed E-state index contributed by atoms with van der Waals surface area (Å²) in [6.45, 7) is 1.67. The number of amidine groups is 1. The second-order valence-corrected chi connectivity index (χ2v) is 5.17. The molecule has 0 saturated carbocycles. The van der Waals surface area contributed by atoms with E-state index in [1.165, 1.54) is 5.56 Å². The first-order chi connectivity index (χ1) is 10.2. The zero-order valence-corrected chi connectivity index (χ0v) is 12.3. The van der Waals surface area contributed by atoms with Gasteiger partial charge in [-0.1, -0.05) is 53.2 Å². The summed E-state index contributed by atoms with van der Waals surface area (Å²) in [4.78, 5) is 0. The molecular formula is C16H18ClN3O. The molecule has 0 aliphatic carbocycles. The molecule has 0 aromatic heterocycles. The lowest BCUT2D eigenvalue weighted by molar-refractivity contribution is 0.318. The molecule has 5 heteroatoms. The quantitative estimate of drug-likeness (QED) is 0.253. The first-order valence-corrected chi connectivity index (χ1v) is 7.09. The minimum absolute atomic E-state index is 0.122. The Morgan fingerprint density at radius 2 is 1.67 bits per heavy atom. The van der Waals surface area contributed by atoms with Crippen molar-refractivity contribution >= 4 is 17.4 Å². The van der Waals surface area contributed by atoms with Crippen LogP contribution in [0.3, 0.4) is 0 Å². The average Bonchev–Trinajstić information content (AvgIpc) is 2.53. The SMILES string of the molecule is NC(=NO)c1ccc(CNCCc2ccc(Cl)cc2)cc1. The molecule has 0 spiro atoms. The zero-order valence-electron chi connectivity index (χ0n) is 11.6. The van der Waals surface area contributed by atoms with Gasteiger partial charge < -0.3 is 16.3 Å². The van der Waals surface area contributed by atoms with E-state index in [0.717, 1.165) is 30.1 Å². The molecule has 2 aromatic rings. The molecule has 0 aliphatic heterocycles. The average molecular weight is 304 g/mol. The third-order valence-corrected chi connectivity index (χ3v) is 3.44. The van der Waals surface area contributed by atoms with Crippen molar-refractivity contribution in [2.24, 2.45) is 10.9 Å². The van der Waals surface area contributed by atoms with E-state index in [1.807, 2.05) is 48.5 Å². The van der Waals surface area contributed by atoms with E-state index in [-0.39, 0.29) is 5.84 Å². The van der Waals surface area contributed by atoms with Gasteiger partial charge >= 0.3 is 0 Å². The second-order valence-electron chi connectivity index (χ2n) is 4.74. The molecule has 2 aromatic carbocycles. The molecule has 0 aliphatic rings. The number of oxime groups is 1. The maximum Gasteiger partial charge on any atom is 0.170 e. The van der Waals surface area contributed by atoms with Gasteiger partial charge in [0.2, 0.25) is 0 Å². The van der Waals surface area contributed by atoms with E-state index in [1.54, 1.807) is 0 Å². The van der Waals surface area contributed by atoms with Crippen LogP contribution >= 0.6 is 11.6 Å². The van der Waals surface area contributed by atoms with Gasteiger partial charge in [-0.2, -0.15) is 0 Å². The van der Waals surface area contributed by atoms with Crippen molar-refractivity contribution in [3.05, 3.63) is 70.2 Å². The second kappa shape index (κ2) is 7.67. The van der Waals surface area contributed by atoms with Gasteiger partial charge in [-0.05, 0) is 36.2 Å². The summed E-state index contributed by atoms with van der Waals surface area (Å²) in [6.07, 6.45) is 0.958. The van der Waals surface area contributed by atoms with Crippen molar-refractivity contribution < 1.29 is 5.21 Å². The number of nitrogens with zero attached hydrogens (tertiary/aromatic N) is 1. The Morgan fingerprint density at radius 3 is 2.29 bits per heavy atom. The number of hydrogen-bond acceptors (Lipinski definition) is 3. The Morgan fingerprint density at radius 1 is 1.05 bits per heavy atom. The highest BCUT2D eigenvalue weighted by atomic mass is 35.5. The first kappa shape index (κ1) is 15.4. The summed E-state index contributed by atoms with van der Waals surface area (Å²) in [7, 11) is 0. The fraction of sp³-hybridized carbons (Fsp3) is 0.188. The summed E-state index contributed by atoms with van der Waals surface area (Å²) in [6, 6.07) is 15.5. The lowest BCUT2D eigenvalue weighted by Gasteiger charge is -2.06. The Balaban J connectivity index is 1.77. The van der Waals surface area contributed by atoms with Crippen molar-refractivity contribution in [2.45, 2.75) is 13.0 Å². The normalized spacial score (nSPS) is 11.6. The highest BCUT2D eigenvalue weighted by Crippen LogP contribution is 2.09. The molecule has 0 heterocycles. The van der Waals surface area contributed by atoms with E-state index in [0.29, 0.717) is 5.56 Å². The van der Waals surface area contributed by atoms with Gasteiger partial charge in [0.15, 0.2) is 5.84 Å². The highest BCUT2D eigenvalue weighted by molar-refractivity contribution is 6.30. The fourth-order valence-corrected chi connectivity index (χ4v) is 2.09. The van der Waals surface area contributed by atoms with Gasteiger partial charge in [-0.3, -0.25) is 0 Å². The first-order valence-electron chi connectivity index (χ1n) is 6.71. The standard InChI is InChI=1S/C16H18ClN3O/c17-15-7-3-12(4-8-15)9-10-19-11-13-1-5-14(6-2-13)16(18)20-21/h1-8,19,21H,9-11H2,(H2,18,20). The summed E-state index contributed by atoms with van der Waals surface area (Å²) in [5, 5.41) is 15.7. The Hall–Kier alpha value is -2.04. The topological polar surface area (TPSA) is 70.6 Å². The predicted octanol–water partition coefficient (Wildman–Crippen LogP) is 2.77. The van der Waals surface area contributed by atoms with Crippen LogP contribution in [0, 0.1) is 0 Å². The molecule has 4 nitrogen and oxygen atoms in total. The fourth-order valence-electron chi connectivity index (χ4n) is 1.97. The zero-order chi connectivity index (χ0) is 15.1. The lowest BCUT2D eigenvalue weighted by atomic mass is 10.1. The van der Waals surface area contributed by atoms with E-state index < -0.39 is 0 Å². The minimum atomic E-state index is 0.122. The maximum atomic E-state index is 8.60. The van der Waals surface area contributed by atoms with E-state index in [9.17, 15) is 0 Å². The van der Waals surface area contributed by atoms with Crippen LogP contribution in [0.1, 0.15) is 16.7 Å². The number of halogens is 1. The molecule has 21 heavy (non-hydrogen) atoms. The van der Waals surface area contributed by atoms with Crippen LogP contribution in [0.5, 0.6) is 0 Å². The van der Waals surface area contributed by atoms with E-state index in [2.05, 4.69) is 10.5 Å². The molecule has 0 unspecified atom stereocenters. The molecule has 0 atom stereocenters. The monoisotopic (exact) mass is 303 g/mol. The highest BCUT2D eigenvalue weighted by Gasteiger charge is 1.99. The van der Waals surface area contributed by atoms with Crippen LogP contribution in [0.25, 0.3) is 0 Å². The third-order valence-electron chi connectivity index (χ3n) is 3.19. The molecule has 2 rings (SSSR count). The number of nitrogens with one attached hydrogen (secondary N) is 1. The Kier molecular flexibility index (Phi) is 5.60. The van der Waals surface area contributed by atoms with Crippen molar-refractivity contribution in [3.63, 3.8) is 0 Å². The molecule has 0 fully saturated rings. The van der Waals surface area contributed by atoms with Crippen molar-refractivity contribution in [2.75, 3.05) is 6.54 Å². The molecule has 0 amide bonds. The molecular weight excluding hydrogens is 286 g/mol. The molecule has 4 N–H and O–H groups in total. The Bertz CT molecular complexity index is 594. The molecule has 0 saturated heterocycles. The summed E-state index contributed by atoms with van der Waals surface area (Å²) < 4.78 is 0. The van der Waals surface area contributed by atoms with Crippen molar-refractivity contribution in [3.8, 4) is 0 Å².